The Morgan fingerprint density at radius 3 is 2.32 bits per heavy atom. The Balaban J connectivity index is 0.00000576. The molecule has 0 saturated heterocycles. The molecule has 0 spiro atoms. The highest BCUT2D eigenvalue weighted by atomic mass is 127. The molecular formula is C19H33IN4O. The average molecular weight is 460 g/mol. The molecule has 2 unspecified atom stereocenters. The predicted octanol–water partition coefficient (Wildman–Crippen LogP) is 3.12. The van der Waals surface area contributed by atoms with E-state index in [0.29, 0.717) is 12.5 Å². The Morgan fingerprint density at radius 2 is 1.80 bits per heavy atom. The first-order valence-electron chi connectivity index (χ1n) is 8.63. The molecule has 0 heterocycles. The summed E-state index contributed by atoms with van der Waals surface area (Å²) in [5, 5.41) is 9.40. The summed E-state index contributed by atoms with van der Waals surface area (Å²) < 4.78 is 0. The number of halogens is 1. The van der Waals surface area contributed by atoms with E-state index in [2.05, 4.69) is 59.1 Å². The molecule has 0 saturated carbocycles. The summed E-state index contributed by atoms with van der Waals surface area (Å²) in [5.41, 5.74) is 0.754. The third-order valence-corrected chi connectivity index (χ3v) is 4.26. The van der Waals surface area contributed by atoms with Gasteiger partial charge in [-0.15, -0.1) is 24.0 Å². The molecule has 0 radical (unpaired) electrons. The van der Waals surface area contributed by atoms with Crippen LogP contribution < -0.4 is 16.0 Å². The number of carbonyl (C=O) groups excluding carboxylic acids is 1. The topological polar surface area (TPSA) is 65.5 Å². The minimum atomic E-state index is -0.536. The fourth-order valence-electron chi connectivity index (χ4n) is 2.39. The van der Waals surface area contributed by atoms with Crippen molar-refractivity contribution in [2.75, 3.05) is 20.1 Å². The minimum Gasteiger partial charge on any atom is -0.359 e. The van der Waals surface area contributed by atoms with Gasteiger partial charge in [0.1, 0.15) is 0 Å². The van der Waals surface area contributed by atoms with Crippen LogP contribution in [0.5, 0.6) is 0 Å². The van der Waals surface area contributed by atoms with E-state index in [-0.39, 0.29) is 35.9 Å². The monoisotopic (exact) mass is 460 g/mol. The smallest absolute Gasteiger partial charge is 0.227 e. The summed E-state index contributed by atoms with van der Waals surface area (Å²) in [6.45, 7) is 11.4. The second-order valence-corrected chi connectivity index (χ2v) is 6.79. The molecule has 142 valence electrons. The lowest BCUT2D eigenvalue weighted by Gasteiger charge is -2.25. The number of rotatable bonds is 7. The van der Waals surface area contributed by atoms with Gasteiger partial charge in [0, 0.05) is 25.6 Å². The fourth-order valence-corrected chi connectivity index (χ4v) is 2.39. The number of guanidine groups is 1. The van der Waals surface area contributed by atoms with Crippen molar-refractivity contribution < 1.29 is 4.79 Å². The van der Waals surface area contributed by atoms with Gasteiger partial charge in [-0.25, -0.2) is 0 Å². The Morgan fingerprint density at radius 1 is 1.20 bits per heavy atom. The predicted molar refractivity (Wildman–Crippen MR) is 117 cm³/mol. The first kappa shape index (κ1) is 23.7. The largest absolute Gasteiger partial charge is 0.359 e. The van der Waals surface area contributed by atoms with Crippen LogP contribution in [0.2, 0.25) is 0 Å². The number of nitrogens with one attached hydrogen (secondary N) is 3. The van der Waals surface area contributed by atoms with Crippen LogP contribution in [-0.4, -0.2) is 38.0 Å². The molecular weight excluding hydrogens is 427 g/mol. The molecule has 0 fully saturated rings. The van der Waals surface area contributed by atoms with Gasteiger partial charge in [-0.1, -0.05) is 37.3 Å². The van der Waals surface area contributed by atoms with E-state index in [1.54, 1.807) is 7.05 Å². The van der Waals surface area contributed by atoms with Gasteiger partial charge in [0.25, 0.3) is 0 Å². The summed E-state index contributed by atoms with van der Waals surface area (Å²) in [5.74, 6) is 1.08. The Hall–Kier alpha value is -1.31. The lowest BCUT2D eigenvalue weighted by molar-refractivity contribution is -0.128. The van der Waals surface area contributed by atoms with E-state index in [9.17, 15) is 4.79 Å². The molecule has 0 aromatic heterocycles. The van der Waals surface area contributed by atoms with Gasteiger partial charge in [0.2, 0.25) is 5.91 Å². The lowest BCUT2D eigenvalue weighted by atomic mass is 9.92. The Labute approximate surface area is 169 Å². The van der Waals surface area contributed by atoms with Crippen molar-refractivity contribution in [3.63, 3.8) is 0 Å². The molecule has 0 bridgehead atoms. The molecule has 5 nitrogen and oxygen atoms in total. The first-order chi connectivity index (χ1) is 11.3. The average Bonchev–Trinajstić information content (AvgIpc) is 2.59. The van der Waals surface area contributed by atoms with Crippen molar-refractivity contribution in [2.45, 2.75) is 46.6 Å². The molecule has 2 atom stereocenters. The van der Waals surface area contributed by atoms with Gasteiger partial charge >= 0.3 is 0 Å². The van der Waals surface area contributed by atoms with Crippen molar-refractivity contribution in [3.05, 3.63) is 35.9 Å². The maximum atomic E-state index is 11.9. The van der Waals surface area contributed by atoms with Gasteiger partial charge in [-0.2, -0.15) is 0 Å². The number of carbonyl (C=O) groups is 1. The third kappa shape index (κ3) is 7.63. The summed E-state index contributed by atoms with van der Waals surface area (Å²) >= 11 is 0. The number of nitrogens with zero attached hydrogens (tertiary/aromatic N) is 1. The fraction of sp³-hybridized carbons (Fsp3) is 0.579. The zero-order valence-corrected chi connectivity index (χ0v) is 18.5. The van der Waals surface area contributed by atoms with Crippen LogP contribution in [0.3, 0.4) is 0 Å². The molecule has 0 aliphatic carbocycles. The van der Waals surface area contributed by atoms with Crippen LogP contribution in [0.1, 0.15) is 46.1 Å². The van der Waals surface area contributed by atoms with Gasteiger partial charge in [0.05, 0.1) is 12.0 Å². The van der Waals surface area contributed by atoms with Gasteiger partial charge in [-0.3, -0.25) is 9.79 Å². The standard InChI is InChI=1S/C19H32N4O.HI/c1-7-21-18(22-13-19(4,5)17(24)20-6)23-15(3)14(2)16-11-9-8-10-12-16;/h8-12,14-15H,7,13H2,1-6H3,(H,20,24)(H2,21,22,23);1H. The van der Waals surface area contributed by atoms with Crippen molar-refractivity contribution in [2.24, 2.45) is 10.4 Å². The van der Waals surface area contributed by atoms with E-state index in [0.717, 1.165) is 12.5 Å². The van der Waals surface area contributed by atoms with Gasteiger partial charge < -0.3 is 16.0 Å². The summed E-state index contributed by atoms with van der Waals surface area (Å²) in [6.07, 6.45) is 0. The van der Waals surface area contributed by atoms with Crippen LogP contribution in [-0.2, 0) is 4.79 Å². The van der Waals surface area contributed by atoms with E-state index < -0.39 is 5.41 Å². The van der Waals surface area contributed by atoms with Gasteiger partial charge in [-0.05, 0) is 33.3 Å². The molecule has 6 heteroatoms. The van der Waals surface area contributed by atoms with Gasteiger partial charge in [0.15, 0.2) is 5.96 Å². The molecule has 1 aromatic rings. The Kier molecular flexibility index (Phi) is 10.7. The second kappa shape index (κ2) is 11.3. The number of amides is 1. The highest BCUT2D eigenvalue weighted by Gasteiger charge is 2.26. The Bertz CT molecular complexity index is 546. The van der Waals surface area contributed by atoms with Crippen molar-refractivity contribution in [3.8, 4) is 0 Å². The summed E-state index contributed by atoms with van der Waals surface area (Å²) in [7, 11) is 1.65. The maximum absolute atomic E-state index is 11.9. The van der Waals surface area contributed by atoms with E-state index in [1.165, 1.54) is 5.56 Å². The zero-order valence-electron chi connectivity index (χ0n) is 16.2. The molecule has 1 amide bonds. The van der Waals surface area contributed by atoms with Crippen molar-refractivity contribution in [1.29, 1.82) is 0 Å². The number of hydrogen-bond donors (Lipinski definition) is 3. The van der Waals surface area contributed by atoms with Crippen LogP contribution in [0.25, 0.3) is 0 Å². The molecule has 0 aliphatic rings. The van der Waals surface area contributed by atoms with Crippen LogP contribution in [0.4, 0.5) is 0 Å². The van der Waals surface area contributed by atoms with E-state index in [1.807, 2.05) is 26.8 Å². The van der Waals surface area contributed by atoms with Crippen LogP contribution in [0.15, 0.2) is 35.3 Å². The molecule has 25 heavy (non-hydrogen) atoms. The van der Waals surface area contributed by atoms with E-state index >= 15 is 0 Å². The third-order valence-electron chi connectivity index (χ3n) is 4.26. The SMILES string of the molecule is CCNC(=NCC(C)(C)C(=O)NC)NC(C)C(C)c1ccccc1.I. The molecule has 3 N–H and O–H groups in total. The molecule has 1 aromatic carbocycles. The van der Waals surface area contributed by atoms with Crippen molar-refractivity contribution >= 4 is 35.8 Å². The zero-order chi connectivity index (χ0) is 18.2. The first-order valence-corrected chi connectivity index (χ1v) is 8.63. The van der Waals surface area contributed by atoms with Crippen molar-refractivity contribution in [1.82, 2.24) is 16.0 Å². The number of hydrogen-bond acceptors (Lipinski definition) is 2. The highest BCUT2D eigenvalue weighted by Crippen LogP contribution is 2.19. The van der Waals surface area contributed by atoms with Crippen LogP contribution in [0, 0.1) is 5.41 Å². The maximum Gasteiger partial charge on any atom is 0.227 e. The lowest BCUT2D eigenvalue weighted by Crippen LogP contribution is -2.45. The highest BCUT2D eigenvalue weighted by molar-refractivity contribution is 14.0. The van der Waals surface area contributed by atoms with Crippen LogP contribution >= 0.6 is 24.0 Å². The normalized spacial score (nSPS) is 14.1. The number of aliphatic imine (C=N–C) groups is 1. The quantitative estimate of drug-likeness (QED) is 0.333. The second-order valence-electron chi connectivity index (χ2n) is 6.79. The molecule has 0 aliphatic heterocycles. The minimum absolute atomic E-state index is 0. The summed E-state index contributed by atoms with van der Waals surface area (Å²) in [6, 6.07) is 10.6. The van der Waals surface area contributed by atoms with E-state index in [4.69, 9.17) is 0 Å². The summed E-state index contributed by atoms with van der Waals surface area (Å²) in [4.78, 5) is 16.5. The molecule has 1 rings (SSSR count). The number of benzene rings is 1.